The lowest BCUT2D eigenvalue weighted by Gasteiger charge is -2.47. The summed E-state index contributed by atoms with van der Waals surface area (Å²) >= 11 is 11.6. The number of hydrogen-bond donors (Lipinski definition) is 3. The van der Waals surface area contributed by atoms with Gasteiger partial charge in [-0.25, -0.2) is 4.79 Å². The molecule has 0 saturated heterocycles. The lowest BCUT2D eigenvalue weighted by atomic mass is 9.59. The summed E-state index contributed by atoms with van der Waals surface area (Å²) in [5.74, 6) is 1.46. The Balaban J connectivity index is 1.25. The van der Waals surface area contributed by atoms with Crippen molar-refractivity contribution in [2.45, 2.75) is 88.5 Å². The molecule has 2 aromatic carbocycles. The van der Waals surface area contributed by atoms with Gasteiger partial charge in [0.1, 0.15) is 17.0 Å². The summed E-state index contributed by atoms with van der Waals surface area (Å²) in [7, 11) is 1.55. The van der Waals surface area contributed by atoms with Crippen molar-refractivity contribution in [2.24, 2.45) is 11.8 Å². The molecule has 1 saturated carbocycles. The van der Waals surface area contributed by atoms with Gasteiger partial charge in [0.15, 0.2) is 0 Å². The number of aryl methyl sites for hydroxylation is 1. The Bertz CT molecular complexity index is 1730. The van der Waals surface area contributed by atoms with Crippen molar-refractivity contribution in [3.8, 4) is 11.5 Å². The summed E-state index contributed by atoms with van der Waals surface area (Å²) in [6, 6.07) is 15.1. The van der Waals surface area contributed by atoms with Gasteiger partial charge in [-0.05, 0) is 128 Å². The van der Waals surface area contributed by atoms with Crippen LogP contribution < -0.4 is 14.6 Å². The maximum atomic E-state index is 12.9. The van der Waals surface area contributed by atoms with Gasteiger partial charge < -0.3 is 29.3 Å². The molecule has 6 rings (SSSR count). The highest BCUT2D eigenvalue weighted by molar-refractivity contribution is 8.07. The van der Waals surface area contributed by atoms with Crippen LogP contribution in [0.3, 0.4) is 0 Å². The van der Waals surface area contributed by atoms with Crippen LogP contribution in [0.2, 0.25) is 5.02 Å². The maximum Gasteiger partial charge on any atom is 0.377 e. The molecule has 3 aliphatic carbocycles. The summed E-state index contributed by atoms with van der Waals surface area (Å²) in [6.07, 6.45) is 9.12. The number of aliphatic carboxylic acids is 1. The molecule has 4 atom stereocenters. The summed E-state index contributed by atoms with van der Waals surface area (Å²) < 4.78 is 22.9. The zero-order valence-corrected chi connectivity index (χ0v) is 31.5. The van der Waals surface area contributed by atoms with E-state index >= 15 is 0 Å². The molecule has 3 N–H and O–H groups in total. The SMILES string of the molecule is COCCOP(O)(=S)Oc1ccc2c(c1)C1(CCC(Nc3cccc(Cl)c3)(C(=O)O)CC1)[C@@H](C[C@@H](C)COc1ccnc3c1[C@H](C)CCC3)C2. The van der Waals surface area contributed by atoms with Gasteiger partial charge in [0.2, 0.25) is 0 Å². The van der Waals surface area contributed by atoms with E-state index in [1.54, 1.807) is 19.2 Å². The molecule has 1 spiro atoms. The molecule has 12 heteroatoms. The number of nitrogens with one attached hydrogen (secondary N) is 1. The number of carboxylic acid groups (broad SMARTS) is 1. The van der Waals surface area contributed by atoms with E-state index in [0.717, 1.165) is 49.1 Å². The number of benzene rings is 2. The van der Waals surface area contributed by atoms with E-state index < -0.39 is 18.2 Å². The van der Waals surface area contributed by atoms with Crippen LogP contribution >= 0.6 is 18.3 Å². The maximum absolute atomic E-state index is 12.9. The largest absolute Gasteiger partial charge is 0.493 e. The van der Waals surface area contributed by atoms with Gasteiger partial charge in [-0.3, -0.25) is 9.51 Å². The highest BCUT2D eigenvalue weighted by Crippen LogP contribution is 2.57. The van der Waals surface area contributed by atoms with E-state index in [1.807, 2.05) is 36.5 Å². The van der Waals surface area contributed by atoms with Crippen LogP contribution in [0.15, 0.2) is 54.7 Å². The zero-order chi connectivity index (χ0) is 35.5. The molecule has 9 nitrogen and oxygen atoms in total. The Labute approximate surface area is 305 Å². The number of fused-ring (bicyclic) bond motifs is 3. The molecule has 1 aromatic heterocycles. The van der Waals surface area contributed by atoms with Crippen LogP contribution in [0.5, 0.6) is 11.5 Å². The van der Waals surface area contributed by atoms with Gasteiger partial charge in [-0.15, -0.1) is 0 Å². The van der Waals surface area contributed by atoms with Crippen molar-refractivity contribution in [2.75, 3.05) is 32.2 Å². The standard InChI is InChI=1S/C38H48ClN2O7PS/c1-25(24-46-34-12-17-40-33-9-4-6-26(2)35(33)34)20-28-21-27-10-11-31(48-49(44,50)47-19-18-45-3)23-32(27)37(28)13-15-38(16-14-37,36(42)43)41-30-8-5-7-29(39)22-30/h5,7-8,10-12,17,22-23,25-26,28,41H,4,6,9,13-16,18-21,24H2,1-3H3,(H,42,43)(H,44,50)/t25-,26-,28+,37?,38?,49?/m1/s1. The third kappa shape index (κ3) is 8.01. The van der Waals surface area contributed by atoms with Crippen molar-refractivity contribution in [3.63, 3.8) is 0 Å². The minimum absolute atomic E-state index is 0.124. The van der Waals surface area contributed by atoms with Gasteiger partial charge in [-0.1, -0.05) is 37.6 Å². The number of pyridine rings is 1. The average molecular weight is 743 g/mol. The molecule has 1 unspecified atom stereocenters. The number of carboxylic acids is 1. The van der Waals surface area contributed by atoms with Crippen LogP contribution in [-0.4, -0.2) is 53.4 Å². The normalized spacial score (nSPS) is 26.0. The second kappa shape index (κ2) is 15.5. The molecule has 1 heterocycles. The molecule has 1 fully saturated rings. The first kappa shape index (κ1) is 37.1. The molecular weight excluding hydrogens is 695 g/mol. The lowest BCUT2D eigenvalue weighted by Crippen LogP contribution is -2.53. The molecule has 50 heavy (non-hydrogen) atoms. The van der Waals surface area contributed by atoms with Crippen molar-refractivity contribution in [3.05, 3.63) is 82.1 Å². The summed E-state index contributed by atoms with van der Waals surface area (Å²) in [4.78, 5) is 28.4. The van der Waals surface area contributed by atoms with Crippen molar-refractivity contribution >= 4 is 41.8 Å². The fraction of sp³-hybridized carbons (Fsp3) is 0.526. The number of carbonyl (C=O) groups is 1. The monoisotopic (exact) mass is 742 g/mol. The van der Waals surface area contributed by atoms with Gasteiger partial charge in [-0.2, -0.15) is 0 Å². The number of hydrogen-bond acceptors (Lipinski definition) is 8. The molecule has 270 valence electrons. The molecule has 3 aromatic rings. The Morgan fingerprint density at radius 2 is 1.96 bits per heavy atom. The fourth-order valence-corrected chi connectivity index (χ4v) is 9.94. The minimum atomic E-state index is -3.55. The Kier molecular flexibility index (Phi) is 11.5. The predicted molar refractivity (Wildman–Crippen MR) is 199 cm³/mol. The van der Waals surface area contributed by atoms with Gasteiger partial charge in [0.05, 0.1) is 19.8 Å². The van der Waals surface area contributed by atoms with Crippen molar-refractivity contribution < 1.29 is 33.3 Å². The van der Waals surface area contributed by atoms with Gasteiger partial charge in [0, 0.05) is 47.1 Å². The van der Waals surface area contributed by atoms with Crippen LogP contribution in [0.1, 0.15) is 87.1 Å². The van der Waals surface area contributed by atoms with Crippen molar-refractivity contribution in [1.82, 2.24) is 4.98 Å². The number of rotatable bonds is 14. The van der Waals surface area contributed by atoms with E-state index in [4.69, 9.17) is 41.9 Å². The van der Waals surface area contributed by atoms with Crippen LogP contribution in [0.25, 0.3) is 0 Å². The molecular formula is C38H48ClN2O7PS. The first-order chi connectivity index (χ1) is 23.9. The first-order valence-corrected chi connectivity index (χ1v) is 20.6. The lowest BCUT2D eigenvalue weighted by molar-refractivity contribution is -0.144. The zero-order valence-electron chi connectivity index (χ0n) is 29.0. The number of ether oxygens (including phenoxy) is 2. The number of anilines is 1. The molecule has 0 bridgehead atoms. The molecule has 0 radical (unpaired) electrons. The second-order valence-corrected chi connectivity index (χ2v) is 17.6. The first-order valence-electron chi connectivity index (χ1n) is 17.6. The third-order valence-corrected chi connectivity index (χ3v) is 12.8. The topological polar surface area (TPSA) is 119 Å². The van der Waals surface area contributed by atoms with Gasteiger partial charge >= 0.3 is 12.7 Å². The Morgan fingerprint density at radius 3 is 2.70 bits per heavy atom. The smallest absolute Gasteiger partial charge is 0.377 e. The number of aromatic nitrogens is 1. The van der Waals surface area contributed by atoms with E-state index in [2.05, 4.69) is 30.2 Å². The number of nitrogens with zero attached hydrogens (tertiary/aromatic N) is 1. The van der Waals surface area contributed by atoms with Crippen molar-refractivity contribution in [1.29, 1.82) is 0 Å². The average Bonchev–Trinajstić information content (AvgIpc) is 3.36. The Morgan fingerprint density at radius 1 is 1.16 bits per heavy atom. The second-order valence-electron chi connectivity index (χ2n) is 14.4. The highest BCUT2D eigenvalue weighted by Gasteiger charge is 2.54. The van der Waals surface area contributed by atoms with Gasteiger partial charge in [0.25, 0.3) is 0 Å². The Hall–Kier alpha value is -2.72. The molecule has 0 amide bonds. The predicted octanol–water partition coefficient (Wildman–Crippen LogP) is 8.46. The quantitative estimate of drug-likeness (QED) is 0.110. The van der Waals surface area contributed by atoms with Crippen LogP contribution in [-0.2, 0) is 44.1 Å². The van der Waals surface area contributed by atoms with E-state index in [9.17, 15) is 14.8 Å². The van der Waals surface area contributed by atoms with E-state index in [0.29, 0.717) is 54.7 Å². The van der Waals surface area contributed by atoms with Crippen LogP contribution in [0.4, 0.5) is 5.69 Å². The van der Waals surface area contributed by atoms with E-state index in [-0.39, 0.29) is 30.5 Å². The van der Waals surface area contributed by atoms with Crippen LogP contribution in [0, 0.1) is 11.8 Å². The highest BCUT2D eigenvalue weighted by atomic mass is 35.5. The summed E-state index contributed by atoms with van der Waals surface area (Å²) in [5, 5.41) is 14.5. The number of methoxy groups -OCH3 is 1. The summed E-state index contributed by atoms with van der Waals surface area (Å²) in [6.45, 7) is 1.95. The summed E-state index contributed by atoms with van der Waals surface area (Å²) in [5.41, 5.74) is 4.02. The number of halogens is 1. The minimum Gasteiger partial charge on any atom is -0.493 e. The molecule has 3 aliphatic rings. The third-order valence-electron chi connectivity index (χ3n) is 11.0. The van der Waals surface area contributed by atoms with E-state index in [1.165, 1.54) is 11.1 Å². The molecule has 0 aliphatic heterocycles. The fourth-order valence-electron chi connectivity index (χ4n) is 8.53.